The van der Waals surface area contributed by atoms with E-state index in [1.807, 2.05) is 23.1 Å². The van der Waals surface area contributed by atoms with Crippen molar-refractivity contribution in [2.45, 2.75) is 0 Å². The number of nitrogens with one attached hydrogen (secondary N) is 1. The maximum Gasteiger partial charge on any atom is 0.231 e. The Morgan fingerprint density at radius 1 is 1.26 bits per heavy atom. The maximum atomic E-state index is 5.36. The lowest BCUT2D eigenvalue weighted by atomic mass is 10.3. The summed E-state index contributed by atoms with van der Waals surface area (Å²) in [6.07, 6.45) is 3.61. The number of anilines is 1. The van der Waals surface area contributed by atoms with Gasteiger partial charge in [-0.05, 0) is 24.4 Å². The highest BCUT2D eigenvalue weighted by molar-refractivity contribution is 7.80. The summed E-state index contributed by atoms with van der Waals surface area (Å²) < 4.78 is 10.6. The number of hydrogen-bond acceptors (Lipinski definition) is 3. The molecule has 0 amide bonds. The zero-order valence-electron chi connectivity index (χ0n) is 10.6. The first-order valence-electron chi connectivity index (χ1n) is 5.92. The van der Waals surface area contributed by atoms with Gasteiger partial charge in [0, 0.05) is 24.8 Å². The van der Waals surface area contributed by atoms with Crippen LogP contribution < -0.4 is 14.8 Å². The normalized spacial score (nSPS) is 11.8. The number of nitrogens with zero attached hydrogens (tertiary/aromatic N) is 1. The molecule has 1 aromatic carbocycles. The molecule has 1 heterocycles. The van der Waals surface area contributed by atoms with Gasteiger partial charge < -0.3 is 19.7 Å². The molecule has 0 aromatic heterocycles. The van der Waals surface area contributed by atoms with Gasteiger partial charge >= 0.3 is 0 Å². The SMILES string of the molecule is C=CCN(CC=C)C(=S)Nc1ccc2c(c1)OCO2. The predicted molar refractivity (Wildman–Crippen MR) is 80.8 cm³/mol. The summed E-state index contributed by atoms with van der Waals surface area (Å²) in [6.45, 7) is 9.04. The van der Waals surface area contributed by atoms with E-state index in [0.717, 1.165) is 17.2 Å². The van der Waals surface area contributed by atoms with Crippen molar-refractivity contribution < 1.29 is 9.47 Å². The van der Waals surface area contributed by atoms with Crippen molar-refractivity contribution in [1.29, 1.82) is 0 Å². The van der Waals surface area contributed by atoms with Gasteiger partial charge in [-0.1, -0.05) is 12.2 Å². The van der Waals surface area contributed by atoms with E-state index in [2.05, 4.69) is 18.5 Å². The molecular formula is C14H16N2O2S. The van der Waals surface area contributed by atoms with E-state index in [1.54, 1.807) is 12.2 Å². The second-order valence-corrected chi connectivity index (χ2v) is 4.37. The highest BCUT2D eigenvalue weighted by atomic mass is 32.1. The van der Waals surface area contributed by atoms with E-state index in [9.17, 15) is 0 Å². The van der Waals surface area contributed by atoms with Crippen molar-refractivity contribution in [3.63, 3.8) is 0 Å². The summed E-state index contributed by atoms with van der Waals surface area (Å²) in [5.74, 6) is 1.48. The zero-order valence-corrected chi connectivity index (χ0v) is 11.4. The molecule has 0 saturated carbocycles. The second-order valence-electron chi connectivity index (χ2n) is 3.98. The predicted octanol–water partition coefficient (Wildman–Crippen LogP) is 2.79. The highest BCUT2D eigenvalue weighted by Gasteiger charge is 2.14. The number of ether oxygens (including phenoxy) is 2. The molecule has 0 fully saturated rings. The molecule has 100 valence electrons. The minimum Gasteiger partial charge on any atom is -0.454 e. The molecule has 0 radical (unpaired) electrons. The molecule has 2 rings (SSSR count). The molecule has 1 aromatic rings. The van der Waals surface area contributed by atoms with Crippen LogP contribution in [0, 0.1) is 0 Å². The van der Waals surface area contributed by atoms with Gasteiger partial charge in [-0.2, -0.15) is 0 Å². The smallest absolute Gasteiger partial charge is 0.231 e. The Morgan fingerprint density at radius 3 is 2.63 bits per heavy atom. The molecule has 19 heavy (non-hydrogen) atoms. The van der Waals surface area contributed by atoms with Gasteiger partial charge in [0.15, 0.2) is 16.6 Å². The van der Waals surface area contributed by atoms with Crippen LogP contribution in [0.1, 0.15) is 0 Å². The molecule has 1 aliphatic rings. The average molecular weight is 276 g/mol. The first-order valence-corrected chi connectivity index (χ1v) is 6.33. The summed E-state index contributed by atoms with van der Waals surface area (Å²) in [7, 11) is 0. The van der Waals surface area contributed by atoms with Crippen LogP contribution in [0.15, 0.2) is 43.5 Å². The van der Waals surface area contributed by atoms with Crippen molar-refractivity contribution in [1.82, 2.24) is 4.90 Å². The van der Waals surface area contributed by atoms with Crippen LogP contribution in [0.2, 0.25) is 0 Å². The van der Waals surface area contributed by atoms with Crippen LogP contribution in [0.5, 0.6) is 11.5 Å². The third kappa shape index (κ3) is 3.26. The quantitative estimate of drug-likeness (QED) is 0.660. The van der Waals surface area contributed by atoms with Crippen LogP contribution >= 0.6 is 12.2 Å². The summed E-state index contributed by atoms with van der Waals surface area (Å²) in [5, 5.41) is 3.79. The summed E-state index contributed by atoms with van der Waals surface area (Å²) >= 11 is 5.36. The van der Waals surface area contributed by atoms with Gasteiger partial charge in [0.2, 0.25) is 6.79 Å². The molecule has 1 N–H and O–H groups in total. The topological polar surface area (TPSA) is 33.7 Å². The van der Waals surface area contributed by atoms with Crippen molar-refractivity contribution in [3.8, 4) is 11.5 Å². The summed E-state index contributed by atoms with van der Waals surface area (Å²) in [6, 6.07) is 5.63. The van der Waals surface area contributed by atoms with Crippen molar-refractivity contribution in [2.24, 2.45) is 0 Å². The van der Waals surface area contributed by atoms with Crippen LogP contribution in [0.25, 0.3) is 0 Å². The van der Waals surface area contributed by atoms with Crippen LogP contribution in [0.4, 0.5) is 5.69 Å². The molecular weight excluding hydrogens is 260 g/mol. The molecule has 0 saturated heterocycles. The molecule has 5 heteroatoms. The van der Waals surface area contributed by atoms with Gasteiger partial charge in [-0.3, -0.25) is 0 Å². The van der Waals surface area contributed by atoms with Gasteiger partial charge in [0.1, 0.15) is 0 Å². The largest absolute Gasteiger partial charge is 0.454 e. The van der Waals surface area contributed by atoms with Gasteiger partial charge in [-0.25, -0.2) is 0 Å². The van der Waals surface area contributed by atoms with Crippen molar-refractivity contribution >= 4 is 23.0 Å². The third-order valence-corrected chi connectivity index (χ3v) is 2.97. The maximum absolute atomic E-state index is 5.36. The number of fused-ring (bicyclic) bond motifs is 1. The van der Waals surface area contributed by atoms with Crippen LogP contribution in [-0.2, 0) is 0 Å². The summed E-state index contributed by atoms with van der Waals surface area (Å²) in [5.41, 5.74) is 0.868. The van der Waals surface area contributed by atoms with E-state index in [1.165, 1.54) is 0 Å². The summed E-state index contributed by atoms with van der Waals surface area (Å²) in [4.78, 5) is 1.96. The van der Waals surface area contributed by atoms with E-state index < -0.39 is 0 Å². The number of thiocarbonyl (C=S) groups is 1. The Morgan fingerprint density at radius 2 is 1.95 bits per heavy atom. The lowest BCUT2D eigenvalue weighted by molar-refractivity contribution is 0.174. The van der Waals surface area contributed by atoms with E-state index >= 15 is 0 Å². The second kappa shape index (κ2) is 6.24. The Labute approximate surface area is 118 Å². The Balaban J connectivity index is 2.05. The fourth-order valence-electron chi connectivity index (χ4n) is 1.73. The van der Waals surface area contributed by atoms with Gasteiger partial charge in [-0.15, -0.1) is 13.2 Å². The minimum atomic E-state index is 0.266. The molecule has 0 spiro atoms. The monoisotopic (exact) mass is 276 g/mol. The number of benzene rings is 1. The minimum absolute atomic E-state index is 0.266. The first-order chi connectivity index (χ1) is 9.24. The fraction of sp³-hybridized carbons (Fsp3) is 0.214. The molecule has 0 bridgehead atoms. The van der Waals surface area contributed by atoms with Crippen LogP contribution in [-0.4, -0.2) is 29.9 Å². The Bertz CT molecular complexity index is 492. The van der Waals surface area contributed by atoms with Gasteiger partial charge in [0.25, 0.3) is 0 Å². The molecule has 0 unspecified atom stereocenters. The van der Waals surface area contributed by atoms with E-state index in [-0.39, 0.29) is 6.79 Å². The molecule has 1 aliphatic heterocycles. The van der Waals surface area contributed by atoms with Crippen molar-refractivity contribution in [2.75, 3.05) is 25.2 Å². The standard InChI is InChI=1S/C14H16N2O2S/c1-3-7-16(8-4-2)14(19)15-11-5-6-12-13(9-11)18-10-17-12/h3-6,9H,1-2,7-8,10H2,(H,15,19). The fourth-order valence-corrected chi connectivity index (χ4v) is 2.00. The van der Waals surface area contributed by atoms with Crippen LogP contribution in [0.3, 0.4) is 0 Å². The molecule has 0 atom stereocenters. The third-order valence-electron chi connectivity index (χ3n) is 2.61. The molecule has 4 nitrogen and oxygen atoms in total. The molecule has 0 aliphatic carbocycles. The van der Waals surface area contributed by atoms with E-state index in [4.69, 9.17) is 21.7 Å². The number of hydrogen-bond donors (Lipinski definition) is 1. The Hall–Kier alpha value is -2.01. The lowest BCUT2D eigenvalue weighted by Crippen LogP contribution is -2.34. The zero-order chi connectivity index (χ0) is 13.7. The average Bonchev–Trinajstić information content (AvgIpc) is 2.86. The Kier molecular flexibility index (Phi) is 4.41. The lowest BCUT2D eigenvalue weighted by Gasteiger charge is -2.23. The van der Waals surface area contributed by atoms with Gasteiger partial charge in [0.05, 0.1) is 0 Å². The van der Waals surface area contributed by atoms with E-state index in [0.29, 0.717) is 18.2 Å². The number of rotatable bonds is 5. The first kappa shape index (κ1) is 13.4. The highest BCUT2D eigenvalue weighted by Crippen LogP contribution is 2.34. The van der Waals surface area contributed by atoms with Crippen molar-refractivity contribution in [3.05, 3.63) is 43.5 Å².